The van der Waals surface area contributed by atoms with Crippen LogP contribution in [0.1, 0.15) is 29.0 Å². The molecular formula is C17H20N2O5S. The maximum atomic E-state index is 12.4. The molecule has 1 aromatic carbocycles. The predicted molar refractivity (Wildman–Crippen MR) is 91.4 cm³/mol. The summed E-state index contributed by atoms with van der Waals surface area (Å²) in [5.74, 6) is -0.726. The Morgan fingerprint density at radius 2 is 1.84 bits per heavy atom. The van der Waals surface area contributed by atoms with Gasteiger partial charge in [-0.25, -0.2) is 12.7 Å². The molecule has 0 saturated carbocycles. The molecule has 134 valence electrons. The second-order valence-corrected chi connectivity index (χ2v) is 7.49. The van der Waals surface area contributed by atoms with Gasteiger partial charge in [-0.15, -0.1) is 0 Å². The Bertz CT molecular complexity index is 826. The van der Waals surface area contributed by atoms with E-state index >= 15 is 0 Å². The number of nitrogens with one attached hydrogen (secondary N) is 1. The summed E-state index contributed by atoms with van der Waals surface area (Å²) in [5.41, 5.74) is 0.931. The molecule has 8 heteroatoms. The fraction of sp³-hybridized carbons (Fsp3) is 0.294. The summed E-state index contributed by atoms with van der Waals surface area (Å²) in [4.78, 5) is 23.8. The second-order valence-electron chi connectivity index (χ2n) is 5.52. The summed E-state index contributed by atoms with van der Waals surface area (Å²) >= 11 is 0. The summed E-state index contributed by atoms with van der Waals surface area (Å²) in [6.07, 6.45) is 1.71. The van der Waals surface area contributed by atoms with Gasteiger partial charge in [0.15, 0.2) is 5.76 Å². The molecule has 0 saturated heterocycles. The highest BCUT2D eigenvalue weighted by atomic mass is 32.2. The smallest absolute Gasteiger partial charge is 0.286 e. The van der Waals surface area contributed by atoms with E-state index in [0.717, 1.165) is 9.87 Å². The number of furan rings is 1. The Balaban J connectivity index is 1.85. The first-order valence-electron chi connectivity index (χ1n) is 7.72. The quantitative estimate of drug-likeness (QED) is 0.758. The third-order valence-electron chi connectivity index (χ3n) is 3.63. The van der Waals surface area contributed by atoms with Crippen molar-refractivity contribution >= 4 is 21.8 Å². The number of hydrogen-bond acceptors (Lipinski definition) is 5. The lowest BCUT2D eigenvalue weighted by Crippen LogP contribution is -2.34. The fourth-order valence-corrected chi connectivity index (χ4v) is 3.25. The Kier molecular flexibility index (Phi) is 5.97. The van der Waals surface area contributed by atoms with Crippen molar-refractivity contribution in [3.05, 3.63) is 54.0 Å². The monoisotopic (exact) mass is 364 g/mol. The Morgan fingerprint density at radius 3 is 2.44 bits per heavy atom. The van der Waals surface area contributed by atoms with Crippen LogP contribution in [0.15, 0.2) is 52.0 Å². The summed E-state index contributed by atoms with van der Waals surface area (Å²) in [7, 11) is -2.63. The van der Waals surface area contributed by atoms with Crippen LogP contribution in [0.4, 0.5) is 0 Å². The summed E-state index contributed by atoms with van der Waals surface area (Å²) < 4.78 is 30.5. The van der Waals surface area contributed by atoms with Gasteiger partial charge < -0.3 is 9.73 Å². The zero-order chi connectivity index (χ0) is 18.4. The molecule has 2 rings (SSSR count). The van der Waals surface area contributed by atoms with Crippen LogP contribution in [0.2, 0.25) is 0 Å². The van der Waals surface area contributed by atoms with E-state index in [1.165, 1.54) is 31.5 Å². The van der Waals surface area contributed by atoms with E-state index in [4.69, 9.17) is 4.42 Å². The SMILES string of the molecule is Cc1ccc(S(=O)(=O)N(C)C(=O)CCCNC(=O)c2ccco2)cc1. The summed E-state index contributed by atoms with van der Waals surface area (Å²) in [6.45, 7) is 2.09. The van der Waals surface area contributed by atoms with Crippen LogP contribution in [0.25, 0.3) is 0 Å². The standard InChI is InChI=1S/C17H20N2O5S/c1-13-7-9-14(10-8-13)25(22,23)19(2)16(20)6-3-11-18-17(21)15-5-4-12-24-15/h4-5,7-10,12H,3,6,11H2,1-2H3,(H,18,21). The van der Waals surface area contributed by atoms with E-state index in [1.807, 2.05) is 6.92 Å². The molecule has 1 heterocycles. The van der Waals surface area contributed by atoms with Crippen LogP contribution in [0.5, 0.6) is 0 Å². The minimum Gasteiger partial charge on any atom is -0.459 e. The van der Waals surface area contributed by atoms with E-state index < -0.39 is 15.9 Å². The summed E-state index contributed by atoms with van der Waals surface area (Å²) in [5, 5.41) is 2.60. The minimum atomic E-state index is -3.86. The van der Waals surface area contributed by atoms with Gasteiger partial charge in [0.1, 0.15) is 0 Å². The number of nitrogens with zero attached hydrogens (tertiary/aromatic N) is 1. The van der Waals surface area contributed by atoms with E-state index in [0.29, 0.717) is 6.42 Å². The van der Waals surface area contributed by atoms with Crippen LogP contribution in [-0.4, -0.2) is 38.1 Å². The molecule has 0 spiro atoms. The molecule has 0 unspecified atom stereocenters. The third kappa shape index (κ3) is 4.69. The highest BCUT2D eigenvalue weighted by Gasteiger charge is 2.24. The maximum absolute atomic E-state index is 12.4. The van der Waals surface area contributed by atoms with Crippen molar-refractivity contribution in [3.8, 4) is 0 Å². The molecule has 1 aromatic heterocycles. The predicted octanol–water partition coefficient (Wildman–Crippen LogP) is 1.95. The number of carbonyl (C=O) groups excluding carboxylic acids is 2. The lowest BCUT2D eigenvalue weighted by Gasteiger charge is -2.17. The third-order valence-corrected chi connectivity index (χ3v) is 5.42. The highest BCUT2D eigenvalue weighted by molar-refractivity contribution is 7.89. The average molecular weight is 364 g/mol. The number of sulfonamides is 1. The number of hydrogen-bond donors (Lipinski definition) is 1. The first-order chi connectivity index (χ1) is 11.8. The number of benzene rings is 1. The Labute approximate surface area is 146 Å². The Hall–Kier alpha value is -2.61. The number of rotatable bonds is 7. The molecular weight excluding hydrogens is 344 g/mol. The van der Waals surface area contributed by atoms with Crippen LogP contribution in [0, 0.1) is 6.92 Å². The second kappa shape index (κ2) is 7.98. The van der Waals surface area contributed by atoms with E-state index in [-0.39, 0.29) is 29.5 Å². The lowest BCUT2D eigenvalue weighted by atomic mass is 10.2. The van der Waals surface area contributed by atoms with Gasteiger partial charge in [-0.1, -0.05) is 17.7 Å². The van der Waals surface area contributed by atoms with Crippen molar-refractivity contribution in [2.24, 2.45) is 0 Å². The molecule has 0 atom stereocenters. The molecule has 7 nitrogen and oxygen atoms in total. The van der Waals surface area contributed by atoms with Crippen molar-refractivity contribution in [3.63, 3.8) is 0 Å². The van der Waals surface area contributed by atoms with Gasteiger partial charge in [0.25, 0.3) is 15.9 Å². The van der Waals surface area contributed by atoms with Crippen LogP contribution in [0.3, 0.4) is 0 Å². The molecule has 2 amide bonds. The minimum absolute atomic E-state index is 0.0000259. The van der Waals surface area contributed by atoms with Gasteiger partial charge in [-0.05, 0) is 37.6 Å². The topological polar surface area (TPSA) is 96.7 Å². The van der Waals surface area contributed by atoms with Crippen LogP contribution in [-0.2, 0) is 14.8 Å². The van der Waals surface area contributed by atoms with E-state index in [1.54, 1.807) is 18.2 Å². The molecule has 1 N–H and O–H groups in total. The van der Waals surface area contributed by atoms with Gasteiger partial charge in [-0.3, -0.25) is 9.59 Å². The zero-order valence-electron chi connectivity index (χ0n) is 14.1. The normalized spacial score (nSPS) is 11.1. The molecule has 0 aliphatic heterocycles. The highest BCUT2D eigenvalue weighted by Crippen LogP contribution is 2.16. The molecule has 0 aliphatic rings. The van der Waals surface area contributed by atoms with Gasteiger partial charge >= 0.3 is 0 Å². The van der Waals surface area contributed by atoms with Gasteiger partial charge in [0, 0.05) is 20.0 Å². The van der Waals surface area contributed by atoms with Gasteiger partial charge in [0.05, 0.1) is 11.2 Å². The van der Waals surface area contributed by atoms with Crippen LogP contribution < -0.4 is 5.32 Å². The zero-order valence-corrected chi connectivity index (χ0v) is 14.9. The molecule has 2 aromatic rings. The maximum Gasteiger partial charge on any atom is 0.286 e. The molecule has 0 radical (unpaired) electrons. The molecule has 0 bridgehead atoms. The van der Waals surface area contributed by atoms with E-state index in [2.05, 4.69) is 5.32 Å². The summed E-state index contributed by atoms with van der Waals surface area (Å²) in [6, 6.07) is 9.42. The first-order valence-corrected chi connectivity index (χ1v) is 9.16. The van der Waals surface area contributed by atoms with Crippen molar-refractivity contribution < 1.29 is 22.4 Å². The van der Waals surface area contributed by atoms with Crippen LogP contribution >= 0.6 is 0 Å². The lowest BCUT2D eigenvalue weighted by molar-refractivity contribution is -0.125. The van der Waals surface area contributed by atoms with E-state index in [9.17, 15) is 18.0 Å². The molecule has 25 heavy (non-hydrogen) atoms. The molecule has 0 fully saturated rings. The number of aryl methyl sites for hydroxylation is 1. The van der Waals surface area contributed by atoms with Crippen molar-refractivity contribution in [1.82, 2.24) is 9.62 Å². The van der Waals surface area contributed by atoms with Crippen molar-refractivity contribution in [2.75, 3.05) is 13.6 Å². The Morgan fingerprint density at radius 1 is 1.16 bits per heavy atom. The number of carbonyl (C=O) groups is 2. The average Bonchev–Trinajstić information content (AvgIpc) is 3.12. The number of amides is 2. The first kappa shape index (κ1) is 18.7. The van der Waals surface area contributed by atoms with Crippen molar-refractivity contribution in [2.45, 2.75) is 24.7 Å². The van der Waals surface area contributed by atoms with Gasteiger partial charge in [-0.2, -0.15) is 0 Å². The fourth-order valence-electron chi connectivity index (χ4n) is 2.10. The van der Waals surface area contributed by atoms with Crippen molar-refractivity contribution in [1.29, 1.82) is 0 Å². The van der Waals surface area contributed by atoms with Gasteiger partial charge in [0.2, 0.25) is 5.91 Å². The largest absolute Gasteiger partial charge is 0.459 e. The molecule has 0 aliphatic carbocycles.